The van der Waals surface area contributed by atoms with Gasteiger partial charge in [0, 0.05) is 12.5 Å². The number of para-hydroxylation sites is 1. The van der Waals surface area contributed by atoms with Crippen molar-refractivity contribution in [1.29, 1.82) is 0 Å². The topological polar surface area (TPSA) is 18.5 Å². The average molecular weight is 290 g/mol. The third-order valence-electron chi connectivity index (χ3n) is 4.42. The molecule has 2 rings (SSSR count). The molecular formula is C19H30O2. The fraction of sp³-hybridized carbons (Fsp3) is 0.684. The normalized spacial score (nSPS) is 24.7. The predicted octanol–water partition coefficient (Wildman–Crippen LogP) is 5.17. The van der Waals surface area contributed by atoms with Gasteiger partial charge in [0.1, 0.15) is 11.4 Å². The molecule has 21 heavy (non-hydrogen) atoms. The van der Waals surface area contributed by atoms with E-state index in [-0.39, 0.29) is 5.60 Å². The van der Waals surface area contributed by atoms with Gasteiger partial charge in [0.05, 0.1) is 6.61 Å². The van der Waals surface area contributed by atoms with Gasteiger partial charge in [-0.3, -0.25) is 0 Å². The van der Waals surface area contributed by atoms with Crippen LogP contribution in [0.2, 0.25) is 0 Å². The Bertz CT molecular complexity index is 441. The Morgan fingerprint density at radius 2 is 2.05 bits per heavy atom. The minimum atomic E-state index is -0.00500. The van der Waals surface area contributed by atoms with E-state index >= 15 is 0 Å². The number of benzene rings is 1. The summed E-state index contributed by atoms with van der Waals surface area (Å²) in [5.74, 6) is 2.11. The summed E-state index contributed by atoms with van der Waals surface area (Å²) in [7, 11) is 0. The monoisotopic (exact) mass is 290 g/mol. The molecule has 0 aliphatic carbocycles. The molecule has 1 aliphatic rings. The maximum absolute atomic E-state index is 6.41. The van der Waals surface area contributed by atoms with Crippen molar-refractivity contribution in [2.24, 2.45) is 5.92 Å². The molecule has 0 bridgehead atoms. The smallest absolute Gasteiger partial charge is 0.123 e. The fourth-order valence-corrected chi connectivity index (χ4v) is 3.34. The van der Waals surface area contributed by atoms with Crippen molar-refractivity contribution < 1.29 is 9.47 Å². The van der Waals surface area contributed by atoms with E-state index in [0.717, 1.165) is 44.6 Å². The van der Waals surface area contributed by atoms with Crippen LogP contribution in [-0.2, 0) is 4.74 Å². The highest BCUT2D eigenvalue weighted by Gasteiger charge is 2.38. The van der Waals surface area contributed by atoms with Gasteiger partial charge in [0.15, 0.2) is 0 Å². The van der Waals surface area contributed by atoms with Crippen LogP contribution < -0.4 is 4.74 Å². The molecule has 1 heterocycles. The van der Waals surface area contributed by atoms with Crippen LogP contribution in [0.5, 0.6) is 5.75 Å². The first kappa shape index (κ1) is 16.4. The lowest BCUT2D eigenvalue weighted by Crippen LogP contribution is -2.41. The lowest BCUT2D eigenvalue weighted by Gasteiger charge is -2.42. The zero-order valence-corrected chi connectivity index (χ0v) is 14.0. The van der Waals surface area contributed by atoms with E-state index in [1.807, 2.05) is 0 Å². The SMILES string of the molecule is CCCC1(CC)CC(COCC(C)C)c2ccccc2O1. The molecule has 0 radical (unpaired) electrons. The summed E-state index contributed by atoms with van der Waals surface area (Å²) in [6, 6.07) is 8.49. The molecule has 2 heteroatoms. The quantitative estimate of drug-likeness (QED) is 0.689. The molecule has 2 unspecified atom stereocenters. The first-order valence-corrected chi connectivity index (χ1v) is 8.46. The molecule has 118 valence electrons. The predicted molar refractivity (Wildman–Crippen MR) is 88.0 cm³/mol. The number of rotatable bonds is 7. The summed E-state index contributed by atoms with van der Waals surface area (Å²) in [6.07, 6.45) is 4.43. The maximum atomic E-state index is 6.41. The van der Waals surface area contributed by atoms with Crippen LogP contribution in [0, 0.1) is 5.92 Å². The molecule has 0 fully saturated rings. The largest absolute Gasteiger partial charge is 0.487 e. The molecule has 0 N–H and O–H groups in total. The molecule has 0 amide bonds. The average Bonchev–Trinajstić information content (AvgIpc) is 2.47. The summed E-state index contributed by atoms with van der Waals surface area (Å²) in [6.45, 7) is 10.5. The van der Waals surface area contributed by atoms with Crippen molar-refractivity contribution in [3.05, 3.63) is 29.8 Å². The van der Waals surface area contributed by atoms with Gasteiger partial charge < -0.3 is 9.47 Å². The zero-order chi connectivity index (χ0) is 15.3. The van der Waals surface area contributed by atoms with E-state index in [2.05, 4.69) is 52.0 Å². The molecule has 0 saturated carbocycles. The molecule has 0 spiro atoms. The van der Waals surface area contributed by atoms with Gasteiger partial charge in [-0.1, -0.05) is 52.3 Å². The Morgan fingerprint density at radius 1 is 1.29 bits per heavy atom. The summed E-state index contributed by atoms with van der Waals surface area (Å²) in [5.41, 5.74) is 1.32. The van der Waals surface area contributed by atoms with Gasteiger partial charge >= 0.3 is 0 Å². The van der Waals surface area contributed by atoms with Crippen LogP contribution in [-0.4, -0.2) is 18.8 Å². The molecule has 1 aromatic rings. The first-order valence-electron chi connectivity index (χ1n) is 8.46. The fourth-order valence-electron chi connectivity index (χ4n) is 3.34. The first-order chi connectivity index (χ1) is 10.1. The van der Waals surface area contributed by atoms with Crippen molar-refractivity contribution in [1.82, 2.24) is 0 Å². The molecular weight excluding hydrogens is 260 g/mol. The summed E-state index contributed by atoms with van der Waals surface area (Å²) in [4.78, 5) is 0. The van der Waals surface area contributed by atoms with Crippen LogP contribution in [0.15, 0.2) is 24.3 Å². The Kier molecular flexibility index (Phi) is 5.69. The van der Waals surface area contributed by atoms with E-state index in [4.69, 9.17) is 9.47 Å². The van der Waals surface area contributed by atoms with E-state index < -0.39 is 0 Å². The molecule has 0 saturated heterocycles. The standard InChI is InChI=1S/C19H30O2/c1-5-11-19(6-2)12-16(14-20-13-15(3)4)17-9-7-8-10-18(17)21-19/h7-10,15-16H,5-6,11-14H2,1-4H3. The van der Waals surface area contributed by atoms with Crippen molar-refractivity contribution in [3.63, 3.8) is 0 Å². The van der Waals surface area contributed by atoms with E-state index in [1.54, 1.807) is 0 Å². The number of ether oxygens (including phenoxy) is 2. The highest BCUT2D eigenvalue weighted by atomic mass is 16.5. The highest BCUT2D eigenvalue weighted by molar-refractivity contribution is 5.39. The maximum Gasteiger partial charge on any atom is 0.123 e. The van der Waals surface area contributed by atoms with E-state index in [9.17, 15) is 0 Å². The summed E-state index contributed by atoms with van der Waals surface area (Å²) >= 11 is 0. The van der Waals surface area contributed by atoms with E-state index in [1.165, 1.54) is 5.56 Å². The Hall–Kier alpha value is -1.02. The third kappa shape index (κ3) is 4.00. The second kappa shape index (κ2) is 7.31. The van der Waals surface area contributed by atoms with Crippen LogP contribution in [0.1, 0.15) is 64.9 Å². The summed E-state index contributed by atoms with van der Waals surface area (Å²) < 4.78 is 12.4. The van der Waals surface area contributed by atoms with E-state index in [0.29, 0.717) is 11.8 Å². The lowest BCUT2D eigenvalue weighted by molar-refractivity contribution is 0.00195. The van der Waals surface area contributed by atoms with Crippen LogP contribution >= 0.6 is 0 Å². The Morgan fingerprint density at radius 3 is 2.71 bits per heavy atom. The minimum absolute atomic E-state index is 0.00500. The minimum Gasteiger partial charge on any atom is -0.487 e. The number of hydrogen-bond donors (Lipinski definition) is 0. The van der Waals surface area contributed by atoms with Crippen molar-refractivity contribution >= 4 is 0 Å². The molecule has 2 atom stereocenters. The van der Waals surface area contributed by atoms with Gasteiger partial charge in [-0.05, 0) is 36.8 Å². The van der Waals surface area contributed by atoms with Crippen molar-refractivity contribution in [2.45, 2.75) is 64.9 Å². The molecule has 1 aliphatic heterocycles. The third-order valence-corrected chi connectivity index (χ3v) is 4.42. The van der Waals surface area contributed by atoms with Crippen LogP contribution in [0.25, 0.3) is 0 Å². The molecule has 2 nitrogen and oxygen atoms in total. The van der Waals surface area contributed by atoms with Gasteiger partial charge in [0.25, 0.3) is 0 Å². The second-order valence-corrected chi connectivity index (χ2v) is 6.76. The lowest BCUT2D eigenvalue weighted by atomic mass is 9.79. The summed E-state index contributed by atoms with van der Waals surface area (Å²) in [5, 5.41) is 0. The van der Waals surface area contributed by atoms with Crippen LogP contribution in [0.4, 0.5) is 0 Å². The Balaban J connectivity index is 2.17. The molecule has 1 aromatic carbocycles. The van der Waals surface area contributed by atoms with Gasteiger partial charge in [-0.2, -0.15) is 0 Å². The zero-order valence-electron chi connectivity index (χ0n) is 14.0. The van der Waals surface area contributed by atoms with Crippen LogP contribution in [0.3, 0.4) is 0 Å². The van der Waals surface area contributed by atoms with Gasteiger partial charge in [-0.25, -0.2) is 0 Å². The Labute approximate surface area is 129 Å². The van der Waals surface area contributed by atoms with Gasteiger partial charge in [-0.15, -0.1) is 0 Å². The molecule has 0 aromatic heterocycles. The highest BCUT2D eigenvalue weighted by Crippen LogP contribution is 2.44. The van der Waals surface area contributed by atoms with Crippen molar-refractivity contribution in [2.75, 3.05) is 13.2 Å². The number of fused-ring (bicyclic) bond motifs is 1. The van der Waals surface area contributed by atoms with Gasteiger partial charge in [0.2, 0.25) is 0 Å². The number of hydrogen-bond acceptors (Lipinski definition) is 2. The second-order valence-electron chi connectivity index (χ2n) is 6.76. The van der Waals surface area contributed by atoms with Crippen molar-refractivity contribution in [3.8, 4) is 5.75 Å².